The number of phenolic OH excluding ortho intramolecular Hbond substituents is 1. The summed E-state index contributed by atoms with van der Waals surface area (Å²) in [5.41, 5.74) is -3.91. The lowest BCUT2D eigenvalue weighted by Crippen LogP contribution is -2.71. The summed E-state index contributed by atoms with van der Waals surface area (Å²) < 4.78 is 46.6. The van der Waals surface area contributed by atoms with E-state index >= 15 is 0 Å². The molecule has 3 aliphatic carbocycles. The van der Waals surface area contributed by atoms with E-state index in [1.165, 1.54) is 12.1 Å². The van der Waals surface area contributed by atoms with Crippen LogP contribution in [-0.4, -0.2) is 84.7 Å². The normalized spacial score (nSPS) is 38.3. The zero-order chi connectivity index (χ0) is 29.8. The van der Waals surface area contributed by atoms with Crippen molar-refractivity contribution in [1.29, 1.82) is 0 Å². The van der Waals surface area contributed by atoms with Crippen LogP contribution in [-0.2, 0) is 20.0 Å². The molecule has 1 fully saturated rings. The van der Waals surface area contributed by atoms with Gasteiger partial charge in [0.1, 0.15) is 22.8 Å². The van der Waals surface area contributed by atoms with Crippen LogP contribution in [0.3, 0.4) is 0 Å². The van der Waals surface area contributed by atoms with Crippen molar-refractivity contribution in [3.63, 3.8) is 0 Å². The van der Waals surface area contributed by atoms with Crippen LogP contribution in [0.2, 0.25) is 0 Å². The number of hydrogen-bond donors (Lipinski definition) is 7. The Kier molecular flexibility index (Phi) is 4.21. The van der Waals surface area contributed by atoms with Crippen LogP contribution in [0.25, 0.3) is 5.76 Å². The highest BCUT2D eigenvalue weighted by Gasteiger charge is 2.70. The number of phenols is 1. The lowest BCUT2D eigenvalue weighted by molar-refractivity contribution is -0.181. The molecule has 12 heteroatoms. The molecule has 184 valence electrons. The molecular formula is C22H25ClN2O9. The molecule has 3 aliphatic rings. The highest BCUT2D eigenvalue weighted by atomic mass is 35.5. The zero-order valence-electron chi connectivity index (χ0n) is 23.4. The fraction of sp³-hybridized carbons (Fsp3) is 0.409. The van der Waals surface area contributed by atoms with Crippen molar-refractivity contribution in [2.75, 3.05) is 14.0 Å². The Morgan fingerprint density at radius 3 is 2.35 bits per heavy atom. The standard InChI is InChI=1S/C22H24N2O9.ClH/c1-21(32)7-5-4-6-8(25)9(7)15(26)10-12(21)17(28)13-14(24(2)3)16(27)11(20(23)31)19(30)22(13,33)18(10)29;/h4-6,12-14,17,25-26,28,30,32-33H,1-3H3,(H2,23,31);1H/t12-,13-,14+,17+,21-,22+;/m1./s1/i2+1D3,3+1D3;. The molecule has 0 saturated heterocycles. The summed E-state index contributed by atoms with van der Waals surface area (Å²) in [7, 11) is 0. The number of primary amides is 1. The van der Waals surface area contributed by atoms with Gasteiger partial charge in [-0.05, 0) is 32.5 Å². The van der Waals surface area contributed by atoms with Gasteiger partial charge >= 0.3 is 0 Å². The fourth-order valence-corrected chi connectivity index (χ4v) is 5.32. The fourth-order valence-electron chi connectivity index (χ4n) is 5.32. The van der Waals surface area contributed by atoms with Crippen molar-refractivity contribution in [3.05, 3.63) is 46.2 Å². The summed E-state index contributed by atoms with van der Waals surface area (Å²) >= 11 is 0. The highest BCUT2D eigenvalue weighted by Crippen LogP contribution is 2.57. The van der Waals surface area contributed by atoms with Gasteiger partial charge in [-0.3, -0.25) is 19.3 Å². The summed E-state index contributed by atoms with van der Waals surface area (Å²) in [6.45, 7) is -6.29. The number of ketones is 2. The number of halogens is 1. The maximum absolute atomic E-state index is 13.9. The highest BCUT2D eigenvalue weighted by molar-refractivity contribution is 6.24. The number of benzene rings is 1. The van der Waals surface area contributed by atoms with Gasteiger partial charge in [0.15, 0.2) is 11.4 Å². The number of aromatic hydroxyl groups is 1. The van der Waals surface area contributed by atoms with Gasteiger partial charge in [0.05, 0.1) is 40.7 Å². The molecule has 0 heterocycles. The van der Waals surface area contributed by atoms with E-state index < -0.39 is 101 Å². The molecule has 1 saturated carbocycles. The summed E-state index contributed by atoms with van der Waals surface area (Å²) in [4.78, 5) is 39.1. The molecule has 0 spiro atoms. The smallest absolute Gasteiger partial charge is 0.255 e. The first-order chi connectivity index (χ1) is 17.6. The maximum atomic E-state index is 13.9. The SMILES string of the molecule is Cl.[2H][13C]([2H])([2H])N([C@@H]1C(=O)C(C(N)=O)=C(O)[C@@]2(O)C(=O)C3=C(O)c4c(O)cccc4[C@@](C)(O)[C@H]3[C@H](O)[C@@H]12)[13C]([2H])([2H])[2H]. The van der Waals surface area contributed by atoms with Gasteiger partial charge in [0.2, 0.25) is 5.78 Å². The number of aliphatic hydroxyl groups excluding tert-OH is 3. The van der Waals surface area contributed by atoms with E-state index in [-0.39, 0.29) is 22.9 Å². The van der Waals surface area contributed by atoms with E-state index in [0.29, 0.717) is 0 Å². The Balaban J connectivity index is 0.00000441. The van der Waals surface area contributed by atoms with E-state index in [1.807, 2.05) is 0 Å². The number of aliphatic hydroxyl groups is 5. The van der Waals surface area contributed by atoms with Gasteiger partial charge in [0.25, 0.3) is 5.91 Å². The number of nitrogens with zero attached hydrogens (tertiary/aromatic N) is 1. The molecule has 6 atom stereocenters. The number of carbonyl (C=O) groups is 3. The predicted octanol–water partition coefficient (Wildman–Crippen LogP) is -0.978. The lowest BCUT2D eigenvalue weighted by Gasteiger charge is -2.55. The molecule has 0 aliphatic heterocycles. The number of carbonyl (C=O) groups excluding carboxylic acids is 3. The Hall–Kier alpha value is -2.96. The van der Waals surface area contributed by atoms with E-state index in [0.717, 1.165) is 13.0 Å². The van der Waals surface area contributed by atoms with Gasteiger partial charge in [-0.25, -0.2) is 0 Å². The summed E-state index contributed by atoms with van der Waals surface area (Å²) in [6, 6.07) is 0.885. The van der Waals surface area contributed by atoms with Crippen molar-refractivity contribution >= 4 is 35.6 Å². The third-order valence-electron chi connectivity index (χ3n) is 6.76. The molecule has 4 rings (SSSR count). The molecule has 1 amide bonds. The minimum absolute atomic E-state index is 0. The second kappa shape index (κ2) is 7.79. The Morgan fingerprint density at radius 1 is 1.18 bits per heavy atom. The van der Waals surface area contributed by atoms with Crippen LogP contribution >= 0.6 is 12.4 Å². The van der Waals surface area contributed by atoms with Crippen LogP contribution in [0, 0.1) is 11.8 Å². The molecule has 0 radical (unpaired) electrons. The third-order valence-corrected chi connectivity index (χ3v) is 6.76. The van der Waals surface area contributed by atoms with Crippen LogP contribution in [0.5, 0.6) is 5.75 Å². The number of hydrogen-bond acceptors (Lipinski definition) is 10. The van der Waals surface area contributed by atoms with Crippen molar-refractivity contribution in [2.45, 2.75) is 30.3 Å². The van der Waals surface area contributed by atoms with E-state index in [1.54, 1.807) is 0 Å². The zero-order valence-corrected chi connectivity index (χ0v) is 18.2. The monoisotopic (exact) mass is 504 g/mol. The average Bonchev–Trinajstić information content (AvgIpc) is 2.76. The van der Waals surface area contributed by atoms with Crippen molar-refractivity contribution in [2.24, 2.45) is 17.6 Å². The lowest BCUT2D eigenvalue weighted by atomic mass is 9.53. The molecule has 0 unspecified atom stereocenters. The average molecular weight is 505 g/mol. The van der Waals surface area contributed by atoms with Gasteiger partial charge < -0.3 is 36.4 Å². The first-order valence-corrected chi connectivity index (χ1v) is 9.63. The molecule has 8 N–H and O–H groups in total. The number of amides is 1. The first-order valence-electron chi connectivity index (χ1n) is 12.6. The van der Waals surface area contributed by atoms with Gasteiger partial charge in [-0.15, -0.1) is 12.4 Å². The summed E-state index contributed by atoms with van der Waals surface area (Å²) in [6.07, 6.45) is -2.42. The number of likely N-dealkylation sites (N-methyl/N-ethyl adjacent to an activating group) is 1. The third kappa shape index (κ3) is 2.88. The Morgan fingerprint density at radius 2 is 1.79 bits per heavy atom. The molecule has 11 nitrogen and oxygen atoms in total. The van der Waals surface area contributed by atoms with Crippen molar-refractivity contribution in [3.8, 4) is 5.75 Å². The van der Waals surface area contributed by atoms with Gasteiger partial charge in [0, 0.05) is 8.22 Å². The van der Waals surface area contributed by atoms with Crippen molar-refractivity contribution in [1.82, 2.24) is 4.90 Å². The number of Topliss-reactive ketones (excluding diaryl/α,β-unsaturated/α-hetero) is 2. The molecular weight excluding hydrogens is 474 g/mol. The number of fused-ring (bicyclic) bond motifs is 3. The number of nitrogens with two attached hydrogens (primary N) is 1. The van der Waals surface area contributed by atoms with E-state index in [9.17, 15) is 45.0 Å². The molecule has 0 bridgehead atoms. The molecule has 0 aromatic heterocycles. The maximum Gasteiger partial charge on any atom is 0.255 e. The van der Waals surface area contributed by atoms with Crippen LogP contribution in [0.15, 0.2) is 35.1 Å². The second-order valence-electron chi connectivity index (χ2n) is 8.47. The van der Waals surface area contributed by atoms with Gasteiger partial charge in [-0.2, -0.15) is 0 Å². The van der Waals surface area contributed by atoms with E-state index in [2.05, 4.69) is 0 Å². The summed E-state index contributed by atoms with van der Waals surface area (Å²) in [5.74, 6) is -13.0. The van der Waals surface area contributed by atoms with Gasteiger partial charge in [-0.1, -0.05) is 12.1 Å². The van der Waals surface area contributed by atoms with Crippen LogP contribution in [0.1, 0.15) is 26.3 Å². The summed E-state index contributed by atoms with van der Waals surface area (Å²) in [5, 5.41) is 67.0. The molecule has 34 heavy (non-hydrogen) atoms. The quantitative estimate of drug-likeness (QED) is 0.194. The Labute approximate surface area is 208 Å². The van der Waals surface area contributed by atoms with Crippen LogP contribution in [0.4, 0.5) is 0 Å². The molecule has 1 aromatic rings. The minimum atomic E-state index is -3.67. The minimum Gasteiger partial charge on any atom is -0.508 e. The number of rotatable bonds is 2. The first kappa shape index (κ1) is 18.4. The molecule has 1 aromatic carbocycles. The topological polar surface area (TPSA) is 202 Å². The van der Waals surface area contributed by atoms with E-state index in [4.69, 9.17) is 14.0 Å². The Bertz CT molecular complexity index is 1380. The predicted molar refractivity (Wildman–Crippen MR) is 119 cm³/mol. The second-order valence-corrected chi connectivity index (χ2v) is 8.47. The largest absolute Gasteiger partial charge is 0.508 e. The van der Waals surface area contributed by atoms with Crippen LogP contribution < -0.4 is 5.73 Å². The van der Waals surface area contributed by atoms with Crippen molar-refractivity contribution < 1.29 is 53.2 Å².